The van der Waals surface area contributed by atoms with Gasteiger partial charge in [0.25, 0.3) is 0 Å². The highest BCUT2D eigenvalue weighted by Crippen LogP contribution is 2.29. The van der Waals surface area contributed by atoms with Crippen molar-refractivity contribution in [3.63, 3.8) is 0 Å². The molecule has 0 saturated carbocycles. The van der Waals surface area contributed by atoms with Gasteiger partial charge in [0.15, 0.2) is 0 Å². The van der Waals surface area contributed by atoms with Gasteiger partial charge in [-0.15, -0.1) is 0 Å². The van der Waals surface area contributed by atoms with Gasteiger partial charge in [-0.3, -0.25) is 0 Å². The third-order valence-corrected chi connectivity index (χ3v) is 3.64. The summed E-state index contributed by atoms with van der Waals surface area (Å²) in [7, 11) is 0. The minimum atomic E-state index is -1.10. The van der Waals surface area contributed by atoms with Crippen molar-refractivity contribution in [2.24, 2.45) is 0 Å². The number of carboxylic acid groups (broad SMARTS) is 1. The molecule has 0 unspecified atom stereocenters. The van der Waals surface area contributed by atoms with Crippen LogP contribution >= 0.6 is 23.4 Å². The van der Waals surface area contributed by atoms with Gasteiger partial charge in [-0.25, -0.2) is 4.79 Å². The van der Waals surface area contributed by atoms with E-state index in [0.29, 0.717) is 5.02 Å². The van der Waals surface area contributed by atoms with E-state index in [9.17, 15) is 4.79 Å². The lowest BCUT2D eigenvalue weighted by Gasteiger charge is -2.04. The molecule has 0 amide bonds. The molecule has 94 valence electrons. The molecule has 2 aromatic rings. The number of benzene rings is 2. The van der Waals surface area contributed by atoms with Gasteiger partial charge in [-0.05, 0) is 42.5 Å². The van der Waals surface area contributed by atoms with E-state index in [1.807, 2.05) is 18.2 Å². The zero-order chi connectivity index (χ0) is 13.8. The Labute approximate surface area is 119 Å². The van der Waals surface area contributed by atoms with Crippen LogP contribution in [-0.2, 0) is 0 Å². The lowest BCUT2D eigenvalue weighted by atomic mass is 10.1. The lowest BCUT2D eigenvalue weighted by molar-refractivity contribution is 0.0696. The molecule has 19 heavy (non-hydrogen) atoms. The fourth-order valence-corrected chi connectivity index (χ4v) is 2.48. The van der Waals surface area contributed by atoms with Crippen LogP contribution in [0, 0.1) is 11.3 Å². The fourth-order valence-electron chi connectivity index (χ4n) is 1.50. The van der Waals surface area contributed by atoms with Crippen LogP contribution in [0.2, 0.25) is 5.02 Å². The van der Waals surface area contributed by atoms with Gasteiger partial charge in [-0.2, -0.15) is 5.26 Å². The molecule has 0 fully saturated rings. The molecule has 0 atom stereocenters. The first kappa shape index (κ1) is 13.5. The second kappa shape index (κ2) is 5.79. The highest BCUT2D eigenvalue weighted by atomic mass is 35.5. The van der Waals surface area contributed by atoms with Gasteiger partial charge in [-0.1, -0.05) is 23.4 Å². The molecule has 0 aliphatic rings. The van der Waals surface area contributed by atoms with Crippen LogP contribution in [0.4, 0.5) is 0 Å². The molecule has 0 saturated heterocycles. The number of carboxylic acids is 1. The Kier molecular flexibility index (Phi) is 4.10. The lowest BCUT2D eigenvalue weighted by Crippen LogP contribution is -2.00. The third-order valence-electron chi connectivity index (χ3n) is 2.39. The summed E-state index contributed by atoms with van der Waals surface area (Å²) in [6.45, 7) is 0. The van der Waals surface area contributed by atoms with Crippen molar-refractivity contribution >= 4 is 29.3 Å². The largest absolute Gasteiger partial charge is 0.478 e. The van der Waals surface area contributed by atoms with Crippen LogP contribution in [0.1, 0.15) is 15.9 Å². The Morgan fingerprint density at radius 1 is 1.16 bits per heavy atom. The zero-order valence-corrected chi connectivity index (χ0v) is 11.2. The molecule has 0 bridgehead atoms. The predicted octanol–water partition coefficient (Wildman–Crippen LogP) is 4.06. The van der Waals surface area contributed by atoms with Crippen molar-refractivity contribution in [3.8, 4) is 6.07 Å². The molecule has 0 spiro atoms. The third kappa shape index (κ3) is 3.28. The summed E-state index contributed by atoms with van der Waals surface area (Å²) in [6.07, 6.45) is 0. The maximum atomic E-state index is 11.1. The van der Waals surface area contributed by atoms with E-state index < -0.39 is 5.97 Å². The molecule has 0 radical (unpaired) electrons. The van der Waals surface area contributed by atoms with Gasteiger partial charge in [0, 0.05) is 14.8 Å². The van der Waals surface area contributed by atoms with Crippen LogP contribution < -0.4 is 0 Å². The Hall–Kier alpha value is -1.96. The molecular formula is C14H8ClNO2S. The maximum Gasteiger partial charge on any atom is 0.337 e. The summed E-state index contributed by atoms with van der Waals surface area (Å²) < 4.78 is 0. The van der Waals surface area contributed by atoms with Gasteiger partial charge in [0.1, 0.15) is 6.07 Å². The van der Waals surface area contributed by atoms with Crippen molar-refractivity contribution in [3.05, 3.63) is 58.6 Å². The quantitative estimate of drug-likeness (QED) is 0.925. The van der Waals surface area contributed by atoms with Gasteiger partial charge >= 0.3 is 5.97 Å². The minimum absolute atomic E-state index is 0.0152. The average Bonchev–Trinajstić information content (AvgIpc) is 2.41. The Bertz CT molecular complexity index is 662. The molecule has 3 nitrogen and oxygen atoms in total. The van der Waals surface area contributed by atoms with Crippen LogP contribution in [0.15, 0.2) is 52.3 Å². The highest BCUT2D eigenvalue weighted by molar-refractivity contribution is 7.99. The topological polar surface area (TPSA) is 61.1 Å². The zero-order valence-electron chi connectivity index (χ0n) is 9.63. The minimum Gasteiger partial charge on any atom is -0.478 e. The summed E-state index contributed by atoms with van der Waals surface area (Å²) in [5, 5.41) is 18.5. The molecule has 0 heterocycles. The van der Waals surface area contributed by atoms with E-state index in [-0.39, 0.29) is 11.1 Å². The standard InChI is InChI=1S/C14H8ClNO2S/c15-10-2-5-11(6-3-10)19-12-4-1-9(8-16)13(7-12)14(17)18/h1-7H,(H,17,18). The maximum absolute atomic E-state index is 11.1. The van der Waals surface area contributed by atoms with E-state index in [1.54, 1.807) is 18.2 Å². The molecule has 5 heteroatoms. The molecule has 2 rings (SSSR count). The molecule has 0 aliphatic heterocycles. The number of nitriles is 1. The van der Waals surface area contributed by atoms with E-state index in [2.05, 4.69) is 0 Å². The first-order chi connectivity index (χ1) is 9.10. The number of hydrogen-bond donors (Lipinski definition) is 1. The van der Waals surface area contributed by atoms with Crippen molar-refractivity contribution in [2.45, 2.75) is 9.79 Å². The van der Waals surface area contributed by atoms with E-state index in [1.165, 1.54) is 23.9 Å². The Morgan fingerprint density at radius 3 is 2.37 bits per heavy atom. The average molecular weight is 290 g/mol. The highest BCUT2D eigenvalue weighted by Gasteiger charge is 2.11. The van der Waals surface area contributed by atoms with Crippen LogP contribution in [0.25, 0.3) is 0 Å². The number of nitrogens with zero attached hydrogens (tertiary/aromatic N) is 1. The van der Waals surface area contributed by atoms with Crippen molar-refractivity contribution in [1.82, 2.24) is 0 Å². The summed E-state index contributed by atoms with van der Waals surface area (Å²) in [6, 6.07) is 13.9. The van der Waals surface area contributed by atoms with Crippen LogP contribution in [-0.4, -0.2) is 11.1 Å². The normalized spacial score (nSPS) is 9.89. The monoisotopic (exact) mass is 289 g/mol. The molecule has 0 aromatic heterocycles. The van der Waals surface area contributed by atoms with E-state index in [0.717, 1.165) is 9.79 Å². The van der Waals surface area contributed by atoms with Gasteiger partial charge < -0.3 is 5.11 Å². The number of aromatic carboxylic acids is 1. The number of carbonyl (C=O) groups is 1. The first-order valence-electron chi connectivity index (χ1n) is 5.31. The SMILES string of the molecule is N#Cc1ccc(Sc2ccc(Cl)cc2)cc1C(=O)O. The summed E-state index contributed by atoms with van der Waals surface area (Å²) in [4.78, 5) is 12.8. The summed E-state index contributed by atoms with van der Waals surface area (Å²) >= 11 is 7.21. The van der Waals surface area contributed by atoms with Crippen molar-refractivity contribution in [1.29, 1.82) is 5.26 Å². The first-order valence-corrected chi connectivity index (χ1v) is 6.50. The van der Waals surface area contributed by atoms with E-state index in [4.69, 9.17) is 22.0 Å². The Balaban J connectivity index is 2.31. The number of halogens is 1. The van der Waals surface area contributed by atoms with Gasteiger partial charge in [0.2, 0.25) is 0 Å². The fraction of sp³-hybridized carbons (Fsp3) is 0. The van der Waals surface area contributed by atoms with Gasteiger partial charge in [0.05, 0.1) is 11.1 Å². The molecule has 1 N–H and O–H groups in total. The second-order valence-electron chi connectivity index (χ2n) is 3.68. The smallest absolute Gasteiger partial charge is 0.337 e. The predicted molar refractivity (Wildman–Crippen MR) is 73.7 cm³/mol. The number of rotatable bonds is 3. The van der Waals surface area contributed by atoms with Crippen LogP contribution in [0.3, 0.4) is 0 Å². The molecule has 2 aromatic carbocycles. The summed E-state index contributed by atoms with van der Waals surface area (Å²) in [5.74, 6) is -1.10. The van der Waals surface area contributed by atoms with Crippen molar-refractivity contribution < 1.29 is 9.90 Å². The van der Waals surface area contributed by atoms with Crippen LogP contribution in [0.5, 0.6) is 0 Å². The molecule has 0 aliphatic carbocycles. The summed E-state index contributed by atoms with van der Waals surface area (Å²) in [5.41, 5.74) is 0.175. The number of hydrogen-bond acceptors (Lipinski definition) is 3. The second-order valence-corrected chi connectivity index (χ2v) is 5.26. The Morgan fingerprint density at radius 2 is 1.79 bits per heavy atom. The van der Waals surface area contributed by atoms with E-state index >= 15 is 0 Å². The molecular weight excluding hydrogens is 282 g/mol. The van der Waals surface area contributed by atoms with Crippen molar-refractivity contribution in [2.75, 3.05) is 0 Å².